The fourth-order valence-corrected chi connectivity index (χ4v) is 2.27. The maximum Gasteiger partial charge on any atom is 0.254 e. The number of carbonyl (C=O) groups excluding carboxylic acids is 1. The van der Waals surface area contributed by atoms with E-state index in [4.69, 9.17) is 0 Å². The Morgan fingerprint density at radius 3 is 2.74 bits per heavy atom. The Morgan fingerprint density at radius 2 is 2.16 bits per heavy atom. The molecule has 5 nitrogen and oxygen atoms in total. The molecule has 0 saturated carbocycles. The zero-order valence-corrected chi connectivity index (χ0v) is 11.5. The van der Waals surface area contributed by atoms with Crippen molar-refractivity contribution in [1.82, 2.24) is 9.88 Å². The Labute approximate surface area is 113 Å². The number of anilines is 1. The van der Waals surface area contributed by atoms with E-state index in [0.29, 0.717) is 31.5 Å². The summed E-state index contributed by atoms with van der Waals surface area (Å²) in [6, 6.07) is 3.64. The van der Waals surface area contributed by atoms with Gasteiger partial charge in [0.25, 0.3) is 5.91 Å². The Hall–Kier alpha value is -1.62. The lowest BCUT2D eigenvalue weighted by atomic mass is 10.1. The summed E-state index contributed by atoms with van der Waals surface area (Å²) in [6.45, 7) is 3.27. The molecule has 2 heterocycles. The first kappa shape index (κ1) is 13.8. The number of pyridine rings is 1. The van der Waals surface area contributed by atoms with Gasteiger partial charge in [-0.3, -0.25) is 4.79 Å². The van der Waals surface area contributed by atoms with Crippen molar-refractivity contribution in [2.75, 3.05) is 25.5 Å². The van der Waals surface area contributed by atoms with Crippen molar-refractivity contribution in [1.29, 1.82) is 0 Å². The summed E-state index contributed by atoms with van der Waals surface area (Å²) in [5, 5.41) is 12.5. The van der Waals surface area contributed by atoms with Gasteiger partial charge < -0.3 is 15.3 Å². The first-order chi connectivity index (χ1) is 9.13. The van der Waals surface area contributed by atoms with Crippen LogP contribution in [0, 0.1) is 0 Å². The summed E-state index contributed by atoms with van der Waals surface area (Å²) in [6.07, 6.45) is 1.86. The minimum Gasteiger partial charge on any atom is -0.393 e. The van der Waals surface area contributed by atoms with Gasteiger partial charge in [-0.2, -0.15) is 0 Å². The number of piperidine rings is 1. The number of likely N-dealkylation sites (tertiary alicyclic amines) is 1. The molecule has 1 aliphatic rings. The molecule has 0 aromatic carbocycles. The van der Waals surface area contributed by atoms with Crippen molar-refractivity contribution in [3.63, 3.8) is 0 Å². The van der Waals surface area contributed by atoms with Gasteiger partial charge in [-0.05, 0) is 31.4 Å². The number of aromatic nitrogens is 1. The topological polar surface area (TPSA) is 65.5 Å². The van der Waals surface area contributed by atoms with Crippen LogP contribution in [0.2, 0.25) is 0 Å². The molecule has 0 atom stereocenters. The van der Waals surface area contributed by atoms with E-state index in [2.05, 4.69) is 10.3 Å². The van der Waals surface area contributed by atoms with Gasteiger partial charge in [0, 0.05) is 31.4 Å². The first-order valence-electron chi connectivity index (χ1n) is 6.80. The predicted molar refractivity (Wildman–Crippen MR) is 74.3 cm³/mol. The Kier molecular flexibility index (Phi) is 4.37. The molecule has 0 bridgehead atoms. The summed E-state index contributed by atoms with van der Waals surface area (Å²) >= 11 is 0. The number of carbonyl (C=O) groups is 1. The van der Waals surface area contributed by atoms with E-state index in [1.165, 1.54) is 0 Å². The zero-order valence-electron chi connectivity index (χ0n) is 11.5. The third kappa shape index (κ3) is 3.23. The Balaban J connectivity index is 2.18. The lowest BCUT2D eigenvalue weighted by Gasteiger charge is -2.29. The molecule has 1 amide bonds. The average Bonchev–Trinajstić information content (AvgIpc) is 2.46. The molecule has 1 aromatic heterocycles. The number of aliphatic hydroxyl groups excluding tert-OH is 1. The number of hydrogen-bond acceptors (Lipinski definition) is 4. The molecule has 2 N–H and O–H groups in total. The van der Waals surface area contributed by atoms with Crippen molar-refractivity contribution < 1.29 is 9.90 Å². The molecule has 19 heavy (non-hydrogen) atoms. The lowest BCUT2D eigenvalue weighted by molar-refractivity contribution is 0.0546. The fraction of sp³-hybridized carbons (Fsp3) is 0.571. The Morgan fingerprint density at radius 1 is 1.47 bits per heavy atom. The monoisotopic (exact) mass is 263 g/mol. The number of rotatable bonds is 3. The second-order valence-corrected chi connectivity index (χ2v) is 4.86. The van der Waals surface area contributed by atoms with Crippen LogP contribution in [0.1, 0.15) is 35.8 Å². The van der Waals surface area contributed by atoms with Gasteiger partial charge in [0.15, 0.2) is 0 Å². The molecule has 0 unspecified atom stereocenters. The molecule has 2 rings (SSSR count). The number of hydrogen-bond donors (Lipinski definition) is 2. The van der Waals surface area contributed by atoms with E-state index < -0.39 is 0 Å². The normalized spacial score (nSPS) is 16.5. The quantitative estimate of drug-likeness (QED) is 0.862. The standard InChI is InChI=1S/C14H21N3O2/c1-3-11-8-10(9-13(15-2)16-11)14(19)17-6-4-12(18)5-7-17/h8-9,12,18H,3-7H2,1-2H3,(H,15,16). The molecule has 104 valence electrons. The molecular weight excluding hydrogens is 242 g/mol. The van der Waals surface area contributed by atoms with Crippen molar-refractivity contribution >= 4 is 11.7 Å². The first-order valence-corrected chi connectivity index (χ1v) is 6.80. The highest BCUT2D eigenvalue weighted by molar-refractivity contribution is 5.95. The van der Waals surface area contributed by atoms with Crippen LogP contribution >= 0.6 is 0 Å². The summed E-state index contributed by atoms with van der Waals surface area (Å²) in [4.78, 5) is 18.6. The molecule has 0 aliphatic carbocycles. The molecule has 1 aromatic rings. The van der Waals surface area contributed by atoms with Crippen LogP contribution < -0.4 is 5.32 Å². The van der Waals surface area contributed by atoms with E-state index in [0.717, 1.165) is 17.9 Å². The molecule has 5 heteroatoms. The number of aliphatic hydroxyl groups is 1. The molecule has 0 radical (unpaired) electrons. The van der Waals surface area contributed by atoms with E-state index >= 15 is 0 Å². The van der Waals surface area contributed by atoms with E-state index in [9.17, 15) is 9.90 Å². The van der Waals surface area contributed by atoms with Gasteiger partial charge in [0.05, 0.1) is 6.10 Å². The van der Waals surface area contributed by atoms with Crippen molar-refractivity contribution in [3.05, 3.63) is 23.4 Å². The second-order valence-electron chi connectivity index (χ2n) is 4.86. The number of amides is 1. The maximum absolute atomic E-state index is 12.4. The number of nitrogens with one attached hydrogen (secondary N) is 1. The summed E-state index contributed by atoms with van der Waals surface area (Å²) in [5.41, 5.74) is 1.58. The summed E-state index contributed by atoms with van der Waals surface area (Å²) in [5.74, 6) is 0.750. The van der Waals surface area contributed by atoms with Gasteiger partial charge in [-0.25, -0.2) is 4.98 Å². The summed E-state index contributed by atoms with van der Waals surface area (Å²) in [7, 11) is 1.80. The molecule has 1 fully saturated rings. The SMILES string of the molecule is CCc1cc(C(=O)N2CCC(O)CC2)cc(NC)n1. The van der Waals surface area contributed by atoms with Crippen LogP contribution in [-0.4, -0.2) is 47.1 Å². The van der Waals surface area contributed by atoms with Gasteiger partial charge >= 0.3 is 0 Å². The fourth-order valence-electron chi connectivity index (χ4n) is 2.27. The van der Waals surface area contributed by atoms with Gasteiger partial charge in [-0.15, -0.1) is 0 Å². The third-order valence-electron chi connectivity index (χ3n) is 3.50. The molecule has 1 aliphatic heterocycles. The van der Waals surface area contributed by atoms with Gasteiger partial charge in [0.2, 0.25) is 0 Å². The van der Waals surface area contributed by atoms with Crippen LogP contribution in [0.15, 0.2) is 12.1 Å². The van der Waals surface area contributed by atoms with E-state index in [1.807, 2.05) is 13.0 Å². The average molecular weight is 263 g/mol. The van der Waals surface area contributed by atoms with Crippen molar-refractivity contribution in [2.45, 2.75) is 32.3 Å². The highest BCUT2D eigenvalue weighted by Gasteiger charge is 2.22. The van der Waals surface area contributed by atoms with Crippen molar-refractivity contribution in [2.24, 2.45) is 0 Å². The van der Waals surface area contributed by atoms with Crippen LogP contribution in [0.5, 0.6) is 0 Å². The highest BCUT2D eigenvalue weighted by Crippen LogP contribution is 2.17. The number of nitrogens with zero attached hydrogens (tertiary/aromatic N) is 2. The lowest BCUT2D eigenvalue weighted by Crippen LogP contribution is -2.40. The molecule has 1 saturated heterocycles. The third-order valence-corrected chi connectivity index (χ3v) is 3.50. The van der Waals surface area contributed by atoms with Crippen LogP contribution in [0.25, 0.3) is 0 Å². The molecular formula is C14H21N3O2. The predicted octanol–water partition coefficient (Wildman–Crippen LogP) is 1.28. The van der Waals surface area contributed by atoms with Crippen LogP contribution in [-0.2, 0) is 6.42 Å². The van der Waals surface area contributed by atoms with E-state index in [1.54, 1.807) is 18.0 Å². The largest absolute Gasteiger partial charge is 0.393 e. The van der Waals surface area contributed by atoms with Gasteiger partial charge in [-0.1, -0.05) is 6.92 Å². The van der Waals surface area contributed by atoms with Crippen LogP contribution in [0.4, 0.5) is 5.82 Å². The summed E-state index contributed by atoms with van der Waals surface area (Å²) < 4.78 is 0. The Bertz CT molecular complexity index is 432. The second kappa shape index (κ2) is 6.02. The van der Waals surface area contributed by atoms with Crippen molar-refractivity contribution in [3.8, 4) is 0 Å². The van der Waals surface area contributed by atoms with Gasteiger partial charge in [0.1, 0.15) is 5.82 Å². The smallest absolute Gasteiger partial charge is 0.254 e. The minimum atomic E-state index is -0.263. The van der Waals surface area contributed by atoms with Crippen LogP contribution in [0.3, 0.4) is 0 Å². The zero-order chi connectivity index (χ0) is 13.8. The number of aryl methyl sites for hydroxylation is 1. The minimum absolute atomic E-state index is 0.0282. The van der Waals surface area contributed by atoms with E-state index in [-0.39, 0.29) is 12.0 Å². The highest BCUT2D eigenvalue weighted by atomic mass is 16.3. The molecule has 0 spiro atoms. The maximum atomic E-state index is 12.4.